The SMILES string of the molecule is COc1cccc(NC(=O)C(=O)Nc2ccc(N3CCC(C)CC3)cc2)c1. The number of piperidine rings is 1. The van der Waals surface area contributed by atoms with E-state index in [1.165, 1.54) is 12.8 Å². The van der Waals surface area contributed by atoms with Gasteiger partial charge in [-0.05, 0) is 55.2 Å². The fourth-order valence-corrected chi connectivity index (χ4v) is 3.10. The first-order chi connectivity index (χ1) is 13.0. The van der Waals surface area contributed by atoms with E-state index in [4.69, 9.17) is 4.74 Å². The van der Waals surface area contributed by atoms with Crippen LogP contribution in [0.2, 0.25) is 0 Å². The summed E-state index contributed by atoms with van der Waals surface area (Å²) in [7, 11) is 1.54. The highest BCUT2D eigenvalue weighted by atomic mass is 16.5. The number of amides is 2. The third-order valence-corrected chi connectivity index (χ3v) is 4.81. The van der Waals surface area contributed by atoms with Crippen molar-refractivity contribution in [2.75, 3.05) is 35.7 Å². The van der Waals surface area contributed by atoms with Gasteiger partial charge in [0.05, 0.1) is 7.11 Å². The molecule has 0 radical (unpaired) electrons. The molecule has 3 rings (SSSR count). The van der Waals surface area contributed by atoms with Crippen molar-refractivity contribution in [1.82, 2.24) is 0 Å². The molecule has 0 bridgehead atoms. The minimum atomic E-state index is -0.725. The van der Waals surface area contributed by atoms with Gasteiger partial charge in [0.2, 0.25) is 0 Å². The Labute approximate surface area is 159 Å². The molecule has 1 heterocycles. The van der Waals surface area contributed by atoms with Gasteiger partial charge in [0, 0.05) is 36.2 Å². The van der Waals surface area contributed by atoms with E-state index >= 15 is 0 Å². The molecule has 1 aliphatic heterocycles. The molecule has 2 amide bonds. The summed E-state index contributed by atoms with van der Waals surface area (Å²) in [4.78, 5) is 26.6. The summed E-state index contributed by atoms with van der Waals surface area (Å²) in [5.41, 5.74) is 2.24. The summed E-state index contributed by atoms with van der Waals surface area (Å²) in [6.07, 6.45) is 2.39. The second kappa shape index (κ2) is 8.58. The fourth-order valence-electron chi connectivity index (χ4n) is 3.10. The van der Waals surface area contributed by atoms with Crippen LogP contribution in [0.4, 0.5) is 17.1 Å². The zero-order chi connectivity index (χ0) is 19.2. The number of carbonyl (C=O) groups is 2. The molecule has 0 unspecified atom stereocenters. The highest BCUT2D eigenvalue weighted by Gasteiger charge is 2.17. The molecule has 0 spiro atoms. The largest absolute Gasteiger partial charge is 0.497 e. The van der Waals surface area contributed by atoms with Crippen LogP contribution < -0.4 is 20.3 Å². The van der Waals surface area contributed by atoms with Gasteiger partial charge in [-0.1, -0.05) is 13.0 Å². The van der Waals surface area contributed by atoms with Crippen LogP contribution in [0.25, 0.3) is 0 Å². The summed E-state index contributed by atoms with van der Waals surface area (Å²) in [6, 6.07) is 14.5. The van der Waals surface area contributed by atoms with Gasteiger partial charge in [0.1, 0.15) is 5.75 Å². The molecule has 1 fully saturated rings. The van der Waals surface area contributed by atoms with Crippen LogP contribution >= 0.6 is 0 Å². The molecular weight excluding hydrogens is 342 g/mol. The molecule has 6 heteroatoms. The Morgan fingerprint density at radius 3 is 2.22 bits per heavy atom. The van der Waals surface area contributed by atoms with Crippen molar-refractivity contribution in [2.24, 2.45) is 5.92 Å². The lowest BCUT2D eigenvalue weighted by molar-refractivity contribution is -0.132. The number of carbonyl (C=O) groups excluding carboxylic acids is 2. The van der Waals surface area contributed by atoms with Gasteiger partial charge in [-0.2, -0.15) is 0 Å². The predicted molar refractivity (Wildman–Crippen MR) is 107 cm³/mol. The molecule has 0 aromatic heterocycles. The standard InChI is InChI=1S/C21H25N3O3/c1-15-10-12-24(13-11-15)18-8-6-16(7-9-18)22-20(25)21(26)23-17-4-3-5-19(14-17)27-2/h3-9,14-15H,10-13H2,1-2H3,(H,22,25)(H,23,26). The molecule has 6 nitrogen and oxygen atoms in total. The number of anilines is 3. The van der Waals surface area contributed by atoms with Gasteiger partial charge in [0.25, 0.3) is 0 Å². The number of benzene rings is 2. The molecule has 1 saturated heterocycles. The fraction of sp³-hybridized carbons (Fsp3) is 0.333. The highest BCUT2D eigenvalue weighted by molar-refractivity contribution is 6.43. The van der Waals surface area contributed by atoms with Crippen LogP contribution in [0.5, 0.6) is 5.75 Å². The van der Waals surface area contributed by atoms with Crippen LogP contribution in [0.1, 0.15) is 19.8 Å². The number of nitrogens with zero attached hydrogens (tertiary/aromatic N) is 1. The number of nitrogens with one attached hydrogen (secondary N) is 2. The van der Waals surface area contributed by atoms with E-state index in [0.717, 1.165) is 24.7 Å². The third-order valence-electron chi connectivity index (χ3n) is 4.81. The molecule has 2 aromatic carbocycles. The smallest absolute Gasteiger partial charge is 0.314 e. The first-order valence-electron chi connectivity index (χ1n) is 9.16. The Morgan fingerprint density at radius 2 is 1.59 bits per heavy atom. The Morgan fingerprint density at radius 1 is 0.963 bits per heavy atom. The Bertz CT molecular complexity index is 797. The van der Waals surface area contributed by atoms with E-state index < -0.39 is 11.8 Å². The van der Waals surface area contributed by atoms with Crippen LogP contribution in [0.15, 0.2) is 48.5 Å². The van der Waals surface area contributed by atoms with Crippen molar-refractivity contribution in [2.45, 2.75) is 19.8 Å². The van der Waals surface area contributed by atoms with E-state index in [-0.39, 0.29) is 0 Å². The van der Waals surface area contributed by atoms with Crippen molar-refractivity contribution < 1.29 is 14.3 Å². The lowest BCUT2D eigenvalue weighted by Crippen LogP contribution is -2.32. The maximum Gasteiger partial charge on any atom is 0.314 e. The summed E-state index contributed by atoms with van der Waals surface area (Å²) in [5, 5.41) is 5.19. The van der Waals surface area contributed by atoms with Gasteiger partial charge in [-0.25, -0.2) is 0 Å². The zero-order valence-corrected chi connectivity index (χ0v) is 15.7. The lowest BCUT2D eigenvalue weighted by Gasteiger charge is -2.32. The number of methoxy groups -OCH3 is 1. The van der Waals surface area contributed by atoms with E-state index in [0.29, 0.717) is 17.1 Å². The van der Waals surface area contributed by atoms with E-state index in [9.17, 15) is 9.59 Å². The van der Waals surface area contributed by atoms with Crippen LogP contribution in [-0.2, 0) is 9.59 Å². The Hall–Kier alpha value is -3.02. The van der Waals surface area contributed by atoms with Gasteiger partial charge in [-0.3, -0.25) is 9.59 Å². The van der Waals surface area contributed by atoms with Crippen LogP contribution in [0.3, 0.4) is 0 Å². The van der Waals surface area contributed by atoms with E-state index in [1.807, 2.05) is 24.3 Å². The monoisotopic (exact) mass is 367 g/mol. The Balaban J connectivity index is 1.56. The minimum absolute atomic E-state index is 0.504. The van der Waals surface area contributed by atoms with Crippen molar-refractivity contribution in [1.29, 1.82) is 0 Å². The molecule has 2 N–H and O–H groups in total. The molecule has 27 heavy (non-hydrogen) atoms. The average Bonchev–Trinajstić information content (AvgIpc) is 2.69. The van der Waals surface area contributed by atoms with E-state index in [2.05, 4.69) is 22.5 Å². The van der Waals surface area contributed by atoms with Gasteiger partial charge in [0.15, 0.2) is 0 Å². The minimum Gasteiger partial charge on any atom is -0.497 e. The maximum absolute atomic E-state index is 12.1. The second-order valence-electron chi connectivity index (χ2n) is 6.86. The number of hydrogen-bond acceptors (Lipinski definition) is 4. The van der Waals surface area contributed by atoms with Crippen molar-refractivity contribution in [3.63, 3.8) is 0 Å². The zero-order valence-electron chi connectivity index (χ0n) is 15.7. The first-order valence-corrected chi connectivity index (χ1v) is 9.16. The lowest BCUT2D eigenvalue weighted by atomic mass is 9.99. The topological polar surface area (TPSA) is 70.7 Å². The Kier molecular flexibility index (Phi) is 5.96. The predicted octanol–water partition coefficient (Wildman–Crippen LogP) is 3.51. The quantitative estimate of drug-likeness (QED) is 0.812. The number of ether oxygens (including phenoxy) is 1. The molecule has 1 aliphatic rings. The normalized spacial score (nSPS) is 14.5. The van der Waals surface area contributed by atoms with Crippen molar-refractivity contribution in [3.05, 3.63) is 48.5 Å². The second-order valence-corrected chi connectivity index (χ2v) is 6.86. The summed E-state index contributed by atoms with van der Waals surface area (Å²) >= 11 is 0. The molecule has 142 valence electrons. The summed E-state index contributed by atoms with van der Waals surface area (Å²) in [5.74, 6) is -0.0477. The van der Waals surface area contributed by atoms with Crippen molar-refractivity contribution in [3.8, 4) is 5.75 Å². The highest BCUT2D eigenvalue weighted by Crippen LogP contribution is 2.24. The first kappa shape index (κ1) is 18.8. The molecule has 0 aliphatic carbocycles. The van der Waals surface area contributed by atoms with Crippen LogP contribution in [-0.4, -0.2) is 32.0 Å². The third kappa shape index (κ3) is 5.00. The molecule has 2 aromatic rings. The van der Waals surface area contributed by atoms with Gasteiger partial charge >= 0.3 is 11.8 Å². The number of hydrogen-bond donors (Lipinski definition) is 2. The molecule has 0 saturated carbocycles. The summed E-state index contributed by atoms with van der Waals surface area (Å²) < 4.78 is 5.10. The number of rotatable bonds is 4. The van der Waals surface area contributed by atoms with Crippen LogP contribution in [0, 0.1) is 5.92 Å². The molecule has 0 atom stereocenters. The summed E-state index contributed by atoms with van der Waals surface area (Å²) in [6.45, 7) is 4.39. The van der Waals surface area contributed by atoms with E-state index in [1.54, 1.807) is 31.4 Å². The van der Waals surface area contributed by atoms with Gasteiger partial charge in [-0.15, -0.1) is 0 Å². The van der Waals surface area contributed by atoms with Gasteiger partial charge < -0.3 is 20.3 Å². The average molecular weight is 367 g/mol. The maximum atomic E-state index is 12.1. The molecular formula is C21H25N3O3. The van der Waals surface area contributed by atoms with Crippen molar-refractivity contribution >= 4 is 28.9 Å².